The Kier molecular flexibility index (Phi) is 5.07. The Morgan fingerprint density at radius 2 is 1.88 bits per heavy atom. The van der Waals surface area contributed by atoms with Gasteiger partial charge in [-0.15, -0.1) is 0 Å². The predicted octanol–water partition coefficient (Wildman–Crippen LogP) is 3.32. The second kappa shape index (κ2) is 7.62. The van der Waals surface area contributed by atoms with E-state index in [1.54, 1.807) is 0 Å². The lowest BCUT2D eigenvalue weighted by Crippen LogP contribution is -2.36. The zero-order valence-electron chi connectivity index (χ0n) is 15.7. The minimum absolute atomic E-state index is 0.583. The minimum atomic E-state index is 0.583. The monoisotopic (exact) mass is 353 g/mol. The number of ether oxygens (including phenoxy) is 2. The van der Waals surface area contributed by atoms with E-state index in [-0.39, 0.29) is 0 Å². The van der Waals surface area contributed by atoms with Crippen molar-refractivity contribution in [2.75, 3.05) is 26.3 Å². The molecule has 1 atom stereocenters. The van der Waals surface area contributed by atoms with E-state index >= 15 is 0 Å². The smallest absolute Gasteiger partial charge is 0.257 e. The van der Waals surface area contributed by atoms with Gasteiger partial charge in [0.25, 0.3) is 5.88 Å². The number of hydrogen-bond acceptors (Lipinski definition) is 5. The van der Waals surface area contributed by atoms with E-state index in [1.165, 1.54) is 18.4 Å². The van der Waals surface area contributed by atoms with Gasteiger partial charge in [-0.05, 0) is 75.4 Å². The van der Waals surface area contributed by atoms with E-state index in [2.05, 4.69) is 46.9 Å². The van der Waals surface area contributed by atoms with Crippen LogP contribution in [0.25, 0.3) is 0 Å². The summed E-state index contributed by atoms with van der Waals surface area (Å²) < 4.78 is 11.2. The van der Waals surface area contributed by atoms with Gasteiger partial charge in [-0.2, -0.15) is 0 Å². The average Bonchev–Trinajstić information content (AvgIpc) is 2.61. The summed E-state index contributed by atoms with van der Waals surface area (Å²) in [6.45, 7) is 8.49. The Balaban J connectivity index is 1.39. The molecule has 26 heavy (non-hydrogen) atoms. The van der Waals surface area contributed by atoms with Crippen LogP contribution >= 0.6 is 0 Å². The lowest BCUT2D eigenvalue weighted by atomic mass is 9.91. The van der Waals surface area contributed by atoms with Crippen LogP contribution in [-0.4, -0.2) is 41.2 Å². The zero-order valence-corrected chi connectivity index (χ0v) is 15.7. The van der Waals surface area contributed by atoms with Crippen molar-refractivity contribution < 1.29 is 9.47 Å². The van der Waals surface area contributed by atoms with Crippen molar-refractivity contribution in [2.24, 2.45) is 5.92 Å². The molecule has 2 aliphatic rings. The Morgan fingerprint density at radius 3 is 2.73 bits per heavy atom. The topological polar surface area (TPSA) is 47.5 Å². The summed E-state index contributed by atoms with van der Waals surface area (Å²) in [5.41, 5.74) is 4.71. The Labute approximate surface area is 155 Å². The fourth-order valence-corrected chi connectivity index (χ4v) is 4.12. The van der Waals surface area contributed by atoms with Crippen molar-refractivity contribution in [1.29, 1.82) is 0 Å². The molecule has 0 radical (unpaired) electrons. The van der Waals surface area contributed by atoms with E-state index < -0.39 is 0 Å². The molecule has 0 bridgehead atoms. The first kappa shape index (κ1) is 17.3. The fourth-order valence-electron chi connectivity index (χ4n) is 4.12. The number of rotatable bonds is 4. The zero-order chi connectivity index (χ0) is 17.9. The largest absolute Gasteiger partial charge is 0.484 e. The molecule has 0 saturated carbocycles. The molecule has 2 aromatic heterocycles. The van der Waals surface area contributed by atoms with Gasteiger partial charge in [0.05, 0.1) is 5.69 Å². The van der Waals surface area contributed by atoms with Crippen LogP contribution in [0.4, 0.5) is 0 Å². The first-order chi connectivity index (χ1) is 12.7. The summed E-state index contributed by atoms with van der Waals surface area (Å²) in [5, 5.41) is 0. The van der Waals surface area contributed by atoms with Crippen molar-refractivity contribution in [3.63, 3.8) is 0 Å². The van der Waals surface area contributed by atoms with E-state index in [0.29, 0.717) is 25.0 Å². The van der Waals surface area contributed by atoms with Gasteiger partial charge < -0.3 is 9.47 Å². The third kappa shape index (κ3) is 4.15. The number of aryl methyl sites for hydroxylation is 2. The highest BCUT2D eigenvalue weighted by Crippen LogP contribution is 2.28. The maximum atomic E-state index is 5.62. The Hall–Kier alpha value is -2.14. The minimum Gasteiger partial charge on any atom is -0.484 e. The molecule has 0 spiro atoms. The van der Waals surface area contributed by atoms with Crippen LogP contribution in [0.2, 0.25) is 0 Å². The normalized spacial score (nSPS) is 20.2. The van der Waals surface area contributed by atoms with Crippen molar-refractivity contribution in [2.45, 2.75) is 39.7 Å². The van der Waals surface area contributed by atoms with E-state index in [0.717, 1.165) is 48.9 Å². The Bertz CT molecular complexity index is 758. The molecule has 1 saturated heterocycles. The van der Waals surface area contributed by atoms with E-state index in [4.69, 9.17) is 9.47 Å². The van der Waals surface area contributed by atoms with Gasteiger partial charge in [-0.1, -0.05) is 0 Å². The first-order valence-corrected chi connectivity index (χ1v) is 9.58. The molecule has 0 N–H and O–H groups in total. The van der Waals surface area contributed by atoms with Gasteiger partial charge >= 0.3 is 0 Å². The van der Waals surface area contributed by atoms with Gasteiger partial charge in [0.1, 0.15) is 13.2 Å². The quantitative estimate of drug-likeness (QED) is 0.844. The fraction of sp³-hybridized carbons (Fsp3) is 0.524. The molecule has 4 rings (SSSR count). The molecule has 0 aliphatic carbocycles. The van der Waals surface area contributed by atoms with Crippen LogP contribution in [0, 0.1) is 19.8 Å². The number of hydrogen-bond donors (Lipinski definition) is 0. The summed E-state index contributed by atoms with van der Waals surface area (Å²) in [4.78, 5) is 11.7. The number of likely N-dealkylation sites (tertiary alicyclic amines) is 1. The highest BCUT2D eigenvalue weighted by molar-refractivity contribution is 5.35. The Morgan fingerprint density at radius 1 is 1.08 bits per heavy atom. The summed E-state index contributed by atoms with van der Waals surface area (Å²) in [6.07, 6.45) is 3.68. The molecule has 138 valence electrons. The van der Waals surface area contributed by atoms with Gasteiger partial charge in [-0.3, -0.25) is 9.88 Å². The molecule has 0 aromatic carbocycles. The van der Waals surface area contributed by atoms with Crippen LogP contribution in [-0.2, 0) is 13.0 Å². The summed E-state index contributed by atoms with van der Waals surface area (Å²) in [6, 6.07) is 8.51. The number of pyridine rings is 2. The van der Waals surface area contributed by atoms with Gasteiger partial charge in [0.15, 0.2) is 5.75 Å². The number of piperidine rings is 1. The van der Waals surface area contributed by atoms with Gasteiger partial charge in [0, 0.05) is 24.5 Å². The lowest BCUT2D eigenvalue weighted by molar-refractivity contribution is 0.155. The van der Waals surface area contributed by atoms with Crippen LogP contribution in [0.3, 0.4) is 0 Å². The number of fused-ring (bicyclic) bond motifs is 1. The van der Waals surface area contributed by atoms with Crippen LogP contribution < -0.4 is 9.47 Å². The lowest BCUT2D eigenvalue weighted by Gasteiger charge is -2.32. The van der Waals surface area contributed by atoms with Crippen LogP contribution in [0.5, 0.6) is 11.6 Å². The standard InChI is InChI=1S/C21H27N3O2/c1-15-10-18(11-16(2)22-15)12-17-4-3-7-24(13-17)14-19-5-6-20-21(23-19)26-9-8-25-20/h5-6,10-11,17H,3-4,7-9,12-14H2,1-2H3/t17-/m1/s1. The molecular formula is C21H27N3O2. The van der Waals surface area contributed by atoms with Crippen molar-refractivity contribution >= 4 is 0 Å². The van der Waals surface area contributed by atoms with E-state index in [9.17, 15) is 0 Å². The van der Waals surface area contributed by atoms with Crippen LogP contribution in [0.15, 0.2) is 24.3 Å². The molecule has 5 heteroatoms. The molecule has 0 amide bonds. The van der Waals surface area contributed by atoms with E-state index in [1.807, 2.05) is 6.07 Å². The van der Waals surface area contributed by atoms with Crippen molar-refractivity contribution in [3.8, 4) is 11.6 Å². The van der Waals surface area contributed by atoms with Crippen molar-refractivity contribution in [3.05, 3.63) is 46.9 Å². The van der Waals surface area contributed by atoms with Gasteiger partial charge in [0.2, 0.25) is 0 Å². The summed E-state index contributed by atoms with van der Waals surface area (Å²) >= 11 is 0. The van der Waals surface area contributed by atoms with Crippen molar-refractivity contribution in [1.82, 2.24) is 14.9 Å². The molecule has 1 fully saturated rings. The SMILES string of the molecule is Cc1cc(C[C@H]2CCCN(Cc3ccc4c(n3)OCCO4)C2)cc(C)n1. The third-order valence-corrected chi connectivity index (χ3v) is 5.12. The average molecular weight is 353 g/mol. The number of nitrogens with zero attached hydrogens (tertiary/aromatic N) is 3. The summed E-state index contributed by atoms with van der Waals surface area (Å²) in [7, 11) is 0. The second-order valence-corrected chi connectivity index (χ2v) is 7.51. The maximum absolute atomic E-state index is 5.62. The number of aromatic nitrogens is 2. The van der Waals surface area contributed by atoms with Gasteiger partial charge in [-0.25, -0.2) is 4.98 Å². The third-order valence-electron chi connectivity index (χ3n) is 5.12. The highest BCUT2D eigenvalue weighted by Gasteiger charge is 2.22. The molecule has 4 heterocycles. The molecule has 5 nitrogen and oxygen atoms in total. The second-order valence-electron chi connectivity index (χ2n) is 7.51. The molecule has 2 aromatic rings. The van der Waals surface area contributed by atoms with Crippen LogP contribution in [0.1, 0.15) is 35.5 Å². The predicted molar refractivity (Wildman–Crippen MR) is 101 cm³/mol. The molecule has 2 aliphatic heterocycles. The first-order valence-electron chi connectivity index (χ1n) is 9.58. The molecule has 0 unspecified atom stereocenters. The highest BCUT2D eigenvalue weighted by atomic mass is 16.6. The maximum Gasteiger partial charge on any atom is 0.257 e. The molecular weight excluding hydrogens is 326 g/mol. The summed E-state index contributed by atoms with van der Waals surface area (Å²) in [5.74, 6) is 2.10.